The Bertz CT molecular complexity index is 391. The number of carbonyl (C=O) groups excluding carboxylic acids is 2. The average Bonchev–Trinajstić information content (AvgIpc) is 2.62. The van der Waals surface area contributed by atoms with Gasteiger partial charge in [-0.05, 0) is 42.9 Å². The molecule has 2 aliphatic carbocycles. The van der Waals surface area contributed by atoms with Crippen molar-refractivity contribution in [1.29, 1.82) is 0 Å². The molecule has 0 heterocycles. The third-order valence-electron chi connectivity index (χ3n) is 5.74. The second-order valence-corrected chi connectivity index (χ2v) is 6.71. The van der Waals surface area contributed by atoms with E-state index in [0.717, 1.165) is 12.8 Å². The van der Waals surface area contributed by atoms with Gasteiger partial charge in [-0.15, -0.1) is 0 Å². The second kappa shape index (κ2) is 4.80. The van der Waals surface area contributed by atoms with Gasteiger partial charge in [0, 0.05) is 6.04 Å². The zero-order valence-electron chi connectivity index (χ0n) is 12.4. The first-order chi connectivity index (χ1) is 8.81. The lowest BCUT2D eigenvalue weighted by Crippen LogP contribution is -2.47. The third kappa shape index (κ3) is 2.26. The molecular weight excluding hydrogens is 242 g/mol. The summed E-state index contributed by atoms with van der Waals surface area (Å²) in [6.45, 7) is 8.96. The van der Waals surface area contributed by atoms with Crippen LogP contribution in [0, 0.1) is 16.7 Å². The van der Waals surface area contributed by atoms with Crippen molar-refractivity contribution in [1.82, 2.24) is 5.32 Å². The maximum atomic E-state index is 11.9. The smallest absolute Gasteiger partial charge is 0.315 e. The van der Waals surface area contributed by atoms with Crippen LogP contribution in [0.15, 0.2) is 0 Å². The van der Waals surface area contributed by atoms with Crippen molar-refractivity contribution in [3.63, 3.8) is 0 Å². The normalized spacial score (nSPS) is 35.2. The molecule has 0 aliphatic heterocycles. The zero-order valence-corrected chi connectivity index (χ0v) is 12.4. The summed E-state index contributed by atoms with van der Waals surface area (Å²) in [5, 5.41) is 3.06. The first kappa shape index (κ1) is 14.4. The summed E-state index contributed by atoms with van der Waals surface area (Å²) in [6.07, 6.45) is 3.30. The van der Waals surface area contributed by atoms with Crippen molar-refractivity contribution in [3.8, 4) is 0 Å². The second-order valence-electron chi connectivity index (χ2n) is 6.71. The number of nitrogens with one attached hydrogen (secondary N) is 1. The van der Waals surface area contributed by atoms with Crippen molar-refractivity contribution < 1.29 is 14.3 Å². The molecule has 0 radical (unpaired) electrons. The summed E-state index contributed by atoms with van der Waals surface area (Å²) in [4.78, 5) is 23.2. The molecule has 0 unspecified atom stereocenters. The number of hydrogen-bond donors (Lipinski definition) is 1. The number of ether oxygens (including phenoxy) is 1. The Hall–Kier alpha value is -1.06. The van der Waals surface area contributed by atoms with Crippen LogP contribution in [0.5, 0.6) is 0 Å². The highest BCUT2D eigenvalue weighted by atomic mass is 16.5. The molecule has 3 atom stereocenters. The molecule has 0 aromatic heterocycles. The largest absolute Gasteiger partial charge is 0.466 e. The standard InChI is InChI=1S/C15H25NO3/c1-5-19-13(18)9-12(17)16-11-8-10-6-7-15(11,4)14(10,2)3/h10-11H,5-9H2,1-4H3,(H,16,17)/t10-,11+,15+/m0/s1. The molecule has 2 fully saturated rings. The molecule has 2 saturated carbocycles. The quantitative estimate of drug-likeness (QED) is 0.628. The van der Waals surface area contributed by atoms with E-state index in [1.165, 1.54) is 6.42 Å². The summed E-state index contributed by atoms with van der Waals surface area (Å²) in [5.74, 6) is 0.0472. The average molecular weight is 267 g/mol. The van der Waals surface area contributed by atoms with Gasteiger partial charge in [-0.3, -0.25) is 9.59 Å². The highest BCUT2D eigenvalue weighted by molar-refractivity contribution is 5.94. The van der Waals surface area contributed by atoms with E-state index in [0.29, 0.717) is 12.5 Å². The van der Waals surface area contributed by atoms with Gasteiger partial charge in [0.15, 0.2) is 0 Å². The topological polar surface area (TPSA) is 55.4 Å². The molecule has 0 saturated heterocycles. The molecule has 19 heavy (non-hydrogen) atoms. The third-order valence-corrected chi connectivity index (χ3v) is 5.74. The van der Waals surface area contributed by atoms with Gasteiger partial charge in [0.1, 0.15) is 6.42 Å². The summed E-state index contributed by atoms with van der Waals surface area (Å²) >= 11 is 0. The molecule has 1 amide bonds. The number of rotatable bonds is 4. The van der Waals surface area contributed by atoms with E-state index in [9.17, 15) is 9.59 Å². The lowest BCUT2D eigenvalue weighted by molar-refractivity contribution is -0.146. The Morgan fingerprint density at radius 2 is 2.00 bits per heavy atom. The van der Waals surface area contributed by atoms with Crippen LogP contribution in [-0.4, -0.2) is 24.5 Å². The van der Waals surface area contributed by atoms with Gasteiger partial charge in [0.05, 0.1) is 6.61 Å². The van der Waals surface area contributed by atoms with E-state index in [-0.39, 0.29) is 29.2 Å². The first-order valence-corrected chi connectivity index (χ1v) is 7.26. The van der Waals surface area contributed by atoms with Gasteiger partial charge in [-0.25, -0.2) is 0 Å². The van der Waals surface area contributed by atoms with Crippen LogP contribution in [0.1, 0.15) is 53.4 Å². The number of fused-ring (bicyclic) bond motifs is 2. The molecule has 0 aromatic rings. The van der Waals surface area contributed by atoms with E-state index in [1.54, 1.807) is 6.92 Å². The van der Waals surface area contributed by atoms with Crippen LogP contribution in [0.25, 0.3) is 0 Å². The van der Waals surface area contributed by atoms with Crippen LogP contribution in [-0.2, 0) is 14.3 Å². The minimum absolute atomic E-state index is 0.155. The highest BCUT2D eigenvalue weighted by Gasteiger charge is 2.61. The van der Waals surface area contributed by atoms with Crippen LogP contribution in [0.2, 0.25) is 0 Å². The molecule has 2 aliphatic rings. The molecule has 2 bridgehead atoms. The van der Waals surface area contributed by atoms with Gasteiger partial charge >= 0.3 is 5.97 Å². The molecule has 4 heteroatoms. The maximum Gasteiger partial charge on any atom is 0.315 e. The number of carbonyl (C=O) groups is 2. The van der Waals surface area contributed by atoms with Crippen LogP contribution < -0.4 is 5.32 Å². The van der Waals surface area contributed by atoms with Crippen molar-refractivity contribution in [2.24, 2.45) is 16.7 Å². The Morgan fingerprint density at radius 3 is 2.47 bits per heavy atom. The van der Waals surface area contributed by atoms with Gasteiger partial charge in [0.2, 0.25) is 5.91 Å². The van der Waals surface area contributed by atoms with Crippen LogP contribution in [0.3, 0.4) is 0 Å². The summed E-state index contributed by atoms with van der Waals surface area (Å²) in [7, 11) is 0. The maximum absolute atomic E-state index is 11.9. The summed E-state index contributed by atoms with van der Waals surface area (Å²) < 4.78 is 4.81. The molecule has 4 nitrogen and oxygen atoms in total. The predicted octanol–water partition coefficient (Wildman–Crippen LogP) is 2.27. The SMILES string of the molecule is CCOC(=O)CC(=O)N[C@@H]1C[C@@H]2CC[C@@]1(C)C2(C)C. The fraction of sp³-hybridized carbons (Fsp3) is 0.867. The summed E-state index contributed by atoms with van der Waals surface area (Å²) in [6, 6.07) is 0.197. The van der Waals surface area contributed by atoms with Gasteiger partial charge in [0.25, 0.3) is 0 Å². The highest BCUT2D eigenvalue weighted by Crippen LogP contribution is 2.65. The number of esters is 1. The molecular formula is C15H25NO3. The minimum atomic E-state index is -0.437. The van der Waals surface area contributed by atoms with E-state index in [1.807, 2.05) is 0 Å². The lowest BCUT2D eigenvalue weighted by atomic mass is 9.69. The molecule has 0 aromatic carbocycles. The van der Waals surface area contributed by atoms with E-state index in [4.69, 9.17) is 4.74 Å². The fourth-order valence-corrected chi connectivity index (χ4v) is 4.01. The van der Waals surface area contributed by atoms with Gasteiger partial charge < -0.3 is 10.1 Å². The summed E-state index contributed by atoms with van der Waals surface area (Å²) in [5.41, 5.74) is 0.427. The molecule has 108 valence electrons. The number of amides is 1. The van der Waals surface area contributed by atoms with Gasteiger partial charge in [-0.1, -0.05) is 20.8 Å². The van der Waals surface area contributed by atoms with E-state index >= 15 is 0 Å². The Kier molecular flexibility index (Phi) is 3.63. The van der Waals surface area contributed by atoms with Crippen molar-refractivity contribution in [3.05, 3.63) is 0 Å². The fourth-order valence-electron chi connectivity index (χ4n) is 4.01. The van der Waals surface area contributed by atoms with Gasteiger partial charge in [-0.2, -0.15) is 0 Å². The van der Waals surface area contributed by atoms with Crippen molar-refractivity contribution in [2.45, 2.75) is 59.4 Å². The molecule has 1 N–H and O–H groups in total. The van der Waals surface area contributed by atoms with Crippen molar-refractivity contribution >= 4 is 11.9 Å². The predicted molar refractivity (Wildman–Crippen MR) is 72.4 cm³/mol. The van der Waals surface area contributed by atoms with Crippen LogP contribution in [0.4, 0.5) is 0 Å². The molecule has 2 rings (SSSR count). The lowest BCUT2D eigenvalue weighted by Gasteiger charge is -2.39. The monoisotopic (exact) mass is 267 g/mol. The Balaban J connectivity index is 1.95. The Morgan fingerprint density at radius 1 is 1.32 bits per heavy atom. The molecule has 0 spiro atoms. The zero-order chi connectivity index (χ0) is 14.3. The minimum Gasteiger partial charge on any atom is -0.466 e. The number of hydrogen-bond acceptors (Lipinski definition) is 3. The van der Waals surface area contributed by atoms with Crippen LogP contribution >= 0.6 is 0 Å². The van der Waals surface area contributed by atoms with Crippen molar-refractivity contribution in [2.75, 3.05) is 6.61 Å². The first-order valence-electron chi connectivity index (χ1n) is 7.26. The van der Waals surface area contributed by atoms with E-state index in [2.05, 4.69) is 26.1 Å². The van der Waals surface area contributed by atoms with E-state index < -0.39 is 5.97 Å². The Labute approximate surface area is 115 Å².